The van der Waals surface area contributed by atoms with E-state index in [0.717, 1.165) is 16.8 Å². The van der Waals surface area contributed by atoms with Crippen LogP contribution in [-0.2, 0) is 16.6 Å². The Labute approximate surface area is 191 Å². The zero-order chi connectivity index (χ0) is 23.4. The van der Waals surface area contributed by atoms with E-state index in [4.69, 9.17) is 0 Å². The third-order valence-corrected chi connectivity index (χ3v) is 6.28. The Hall–Kier alpha value is -3.26. The molecule has 32 heavy (non-hydrogen) atoms. The molecule has 3 aromatic rings. The Balaban J connectivity index is 1.63. The monoisotopic (exact) mass is 452 g/mol. The maximum absolute atomic E-state index is 12.9. The van der Waals surface area contributed by atoms with Crippen molar-refractivity contribution >= 4 is 35.0 Å². The van der Waals surface area contributed by atoms with E-state index >= 15 is 0 Å². The van der Waals surface area contributed by atoms with Crippen molar-refractivity contribution in [2.75, 3.05) is 16.4 Å². The Kier molecular flexibility index (Phi) is 7.25. The van der Waals surface area contributed by atoms with Gasteiger partial charge in [-0.1, -0.05) is 24.3 Å². The minimum absolute atomic E-state index is 0.129. The SMILES string of the molecule is Cc1cc(C)cc(NC(=O)CSC(C)C(=O)Nc2c(C)n(C)n(-c3ccccc3)c2=O)c1. The van der Waals surface area contributed by atoms with E-state index in [1.54, 1.807) is 25.6 Å². The summed E-state index contributed by atoms with van der Waals surface area (Å²) in [6.45, 7) is 7.45. The molecular weight excluding hydrogens is 424 g/mol. The highest BCUT2D eigenvalue weighted by Crippen LogP contribution is 2.18. The van der Waals surface area contributed by atoms with Crippen LogP contribution in [0.3, 0.4) is 0 Å². The molecule has 0 saturated carbocycles. The highest BCUT2D eigenvalue weighted by molar-refractivity contribution is 8.01. The molecule has 2 amide bonds. The van der Waals surface area contributed by atoms with Gasteiger partial charge in [0.1, 0.15) is 5.69 Å². The molecule has 0 aliphatic rings. The maximum Gasteiger partial charge on any atom is 0.295 e. The van der Waals surface area contributed by atoms with Gasteiger partial charge in [0.2, 0.25) is 11.8 Å². The molecule has 168 valence electrons. The number of anilines is 2. The second kappa shape index (κ2) is 9.91. The molecule has 1 unspecified atom stereocenters. The van der Waals surface area contributed by atoms with Crippen molar-refractivity contribution in [3.8, 4) is 5.69 Å². The number of benzene rings is 2. The number of aryl methyl sites for hydroxylation is 2. The van der Waals surface area contributed by atoms with E-state index in [-0.39, 0.29) is 28.8 Å². The van der Waals surface area contributed by atoms with Crippen LogP contribution < -0.4 is 16.2 Å². The average molecular weight is 453 g/mol. The molecule has 0 spiro atoms. The van der Waals surface area contributed by atoms with Gasteiger partial charge in [-0.3, -0.25) is 19.1 Å². The quantitative estimate of drug-likeness (QED) is 0.571. The van der Waals surface area contributed by atoms with E-state index in [1.807, 2.05) is 62.4 Å². The van der Waals surface area contributed by atoms with Crippen LogP contribution >= 0.6 is 11.8 Å². The number of nitrogens with one attached hydrogen (secondary N) is 2. The van der Waals surface area contributed by atoms with Crippen LogP contribution in [0.1, 0.15) is 23.7 Å². The van der Waals surface area contributed by atoms with E-state index in [9.17, 15) is 14.4 Å². The normalized spacial score (nSPS) is 11.8. The summed E-state index contributed by atoms with van der Waals surface area (Å²) in [5.41, 5.74) is 4.19. The Morgan fingerprint density at radius 1 is 1.00 bits per heavy atom. The number of hydrogen-bond donors (Lipinski definition) is 2. The van der Waals surface area contributed by atoms with Gasteiger partial charge in [-0.2, -0.15) is 0 Å². The largest absolute Gasteiger partial charge is 0.325 e. The molecule has 0 saturated heterocycles. The predicted octanol–water partition coefficient (Wildman–Crippen LogP) is 3.80. The number of nitrogens with zero attached hydrogens (tertiary/aromatic N) is 2. The van der Waals surface area contributed by atoms with E-state index in [1.165, 1.54) is 16.4 Å². The predicted molar refractivity (Wildman–Crippen MR) is 131 cm³/mol. The lowest BCUT2D eigenvalue weighted by molar-refractivity contribution is -0.115. The van der Waals surface area contributed by atoms with Crippen molar-refractivity contribution in [2.45, 2.75) is 32.9 Å². The molecular formula is C24H28N4O3S. The number of carbonyl (C=O) groups excluding carboxylic acids is 2. The van der Waals surface area contributed by atoms with Crippen LogP contribution in [0.2, 0.25) is 0 Å². The molecule has 1 heterocycles. The summed E-state index contributed by atoms with van der Waals surface area (Å²) >= 11 is 1.22. The first kappa shape index (κ1) is 23.4. The second-order valence-electron chi connectivity index (χ2n) is 7.80. The maximum atomic E-state index is 12.9. The van der Waals surface area contributed by atoms with Gasteiger partial charge in [0.25, 0.3) is 5.56 Å². The van der Waals surface area contributed by atoms with Crippen LogP contribution in [-0.4, -0.2) is 32.2 Å². The third-order valence-electron chi connectivity index (χ3n) is 5.14. The third kappa shape index (κ3) is 5.31. The van der Waals surface area contributed by atoms with Crippen molar-refractivity contribution in [1.82, 2.24) is 9.36 Å². The molecule has 0 bridgehead atoms. The fourth-order valence-electron chi connectivity index (χ4n) is 3.46. The van der Waals surface area contributed by atoms with E-state index in [0.29, 0.717) is 11.4 Å². The van der Waals surface area contributed by atoms with E-state index < -0.39 is 5.25 Å². The summed E-state index contributed by atoms with van der Waals surface area (Å²) in [4.78, 5) is 38.0. The summed E-state index contributed by atoms with van der Waals surface area (Å²) in [6, 6.07) is 15.1. The summed E-state index contributed by atoms with van der Waals surface area (Å²) < 4.78 is 3.22. The molecule has 1 atom stereocenters. The molecule has 0 aliphatic heterocycles. The van der Waals surface area contributed by atoms with Crippen molar-refractivity contribution in [3.63, 3.8) is 0 Å². The Morgan fingerprint density at radius 2 is 1.62 bits per heavy atom. The Morgan fingerprint density at radius 3 is 2.25 bits per heavy atom. The molecule has 2 aromatic carbocycles. The van der Waals surface area contributed by atoms with Gasteiger partial charge in [-0.05, 0) is 63.1 Å². The van der Waals surface area contributed by atoms with Gasteiger partial charge >= 0.3 is 0 Å². The highest BCUT2D eigenvalue weighted by atomic mass is 32.2. The molecule has 8 heteroatoms. The highest BCUT2D eigenvalue weighted by Gasteiger charge is 2.21. The van der Waals surface area contributed by atoms with Crippen LogP contribution in [0.5, 0.6) is 0 Å². The first-order chi connectivity index (χ1) is 15.2. The van der Waals surface area contributed by atoms with Crippen LogP contribution in [0, 0.1) is 20.8 Å². The topological polar surface area (TPSA) is 85.1 Å². The second-order valence-corrected chi connectivity index (χ2v) is 9.13. The number of rotatable bonds is 7. The zero-order valence-electron chi connectivity index (χ0n) is 18.9. The van der Waals surface area contributed by atoms with Gasteiger partial charge in [0, 0.05) is 12.7 Å². The molecule has 0 aliphatic carbocycles. The first-order valence-corrected chi connectivity index (χ1v) is 11.4. The lowest BCUT2D eigenvalue weighted by atomic mass is 10.1. The lowest BCUT2D eigenvalue weighted by Gasteiger charge is -2.12. The number of thioether (sulfide) groups is 1. The van der Waals surface area contributed by atoms with Crippen LogP contribution in [0.25, 0.3) is 5.69 Å². The average Bonchev–Trinajstić information content (AvgIpc) is 2.95. The van der Waals surface area contributed by atoms with Gasteiger partial charge in [0.05, 0.1) is 22.4 Å². The summed E-state index contributed by atoms with van der Waals surface area (Å²) in [5, 5.41) is 5.11. The molecule has 1 aromatic heterocycles. The van der Waals surface area contributed by atoms with Crippen molar-refractivity contribution < 1.29 is 9.59 Å². The van der Waals surface area contributed by atoms with Gasteiger partial charge in [0.15, 0.2) is 0 Å². The summed E-state index contributed by atoms with van der Waals surface area (Å²) in [6.07, 6.45) is 0. The fraction of sp³-hybridized carbons (Fsp3) is 0.292. The fourth-order valence-corrected chi connectivity index (χ4v) is 4.14. The van der Waals surface area contributed by atoms with Crippen LogP contribution in [0.15, 0.2) is 53.3 Å². The Bertz CT molecular complexity index is 1180. The number of aromatic nitrogens is 2. The number of hydrogen-bond acceptors (Lipinski definition) is 4. The zero-order valence-corrected chi connectivity index (χ0v) is 19.7. The summed E-state index contributed by atoms with van der Waals surface area (Å²) in [7, 11) is 1.77. The number of para-hydroxylation sites is 1. The van der Waals surface area contributed by atoms with Gasteiger partial charge in [-0.25, -0.2) is 4.68 Å². The number of carbonyl (C=O) groups is 2. The molecule has 0 fully saturated rings. The minimum atomic E-state index is -0.510. The standard InChI is InChI=1S/C24H28N4O3S/c1-15-11-16(2)13-19(12-15)25-21(29)14-32-18(4)23(30)26-22-17(3)27(5)28(24(22)31)20-9-7-6-8-10-20/h6-13,18H,14H2,1-5H3,(H,25,29)(H,26,30). The molecule has 0 radical (unpaired) electrons. The van der Waals surface area contributed by atoms with Crippen LogP contribution in [0.4, 0.5) is 11.4 Å². The molecule has 3 rings (SSSR count). The first-order valence-electron chi connectivity index (χ1n) is 10.3. The van der Waals surface area contributed by atoms with Gasteiger partial charge < -0.3 is 10.6 Å². The van der Waals surface area contributed by atoms with E-state index in [2.05, 4.69) is 10.6 Å². The summed E-state index contributed by atoms with van der Waals surface area (Å²) in [5.74, 6) is -0.369. The van der Waals surface area contributed by atoms with Gasteiger partial charge in [-0.15, -0.1) is 11.8 Å². The molecule has 7 nitrogen and oxygen atoms in total. The smallest absolute Gasteiger partial charge is 0.295 e. The minimum Gasteiger partial charge on any atom is -0.325 e. The van der Waals surface area contributed by atoms with Crippen molar-refractivity contribution in [2.24, 2.45) is 7.05 Å². The molecule has 2 N–H and O–H groups in total. The number of amides is 2. The van der Waals surface area contributed by atoms with Crippen molar-refractivity contribution in [1.29, 1.82) is 0 Å². The van der Waals surface area contributed by atoms with Crippen molar-refractivity contribution in [3.05, 3.63) is 75.7 Å². The lowest BCUT2D eigenvalue weighted by Crippen LogP contribution is -2.28.